The van der Waals surface area contributed by atoms with Gasteiger partial charge in [0.15, 0.2) is 18.3 Å². The molecule has 1 heterocycles. The standard InChI is InChI=1S/C40H34O9/c1-24-32(47-38(41)27-14-8-5-9-15-27)25(2)34-31(33(24)45-4)36(48-39(42)28-16-10-6-11-17-28)37(49-40(43)29-18-12-7-13-19-29)35(46-34)26-20-22-30(44-3)23-21-26/h5-23,35-37H,1-4H3. The van der Waals surface area contributed by atoms with E-state index in [4.69, 9.17) is 28.4 Å². The maximum atomic E-state index is 13.8. The van der Waals surface area contributed by atoms with Gasteiger partial charge in [-0.15, -0.1) is 0 Å². The van der Waals surface area contributed by atoms with Crippen molar-refractivity contribution in [2.45, 2.75) is 32.2 Å². The van der Waals surface area contributed by atoms with Crippen LogP contribution in [0.1, 0.15) is 65.5 Å². The molecule has 5 aromatic rings. The van der Waals surface area contributed by atoms with E-state index >= 15 is 0 Å². The van der Waals surface area contributed by atoms with Gasteiger partial charge < -0.3 is 28.4 Å². The van der Waals surface area contributed by atoms with Crippen LogP contribution >= 0.6 is 0 Å². The molecule has 1 aliphatic heterocycles. The zero-order valence-corrected chi connectivity index (χ0v) is 27.4. The summed E-state index contributed by atoms with van der Waals surface area (Å²) in [7, 11) is 3.01. The van der Waals surface area contributed by atoms with E-state index < -0.39 is 36.2 Å². The average molecular weight is 659 g/mol. The lowest BCUT2D eigenvalue weighted by Gasteiger charge is -2.40. The fourth-order valence-corrected chi connectivity index (χ4v) is 5.89. The van der Waals surface area contributed by atoms with Crippen LogP contribution in [-0.2, 0) is 9.47 Å². The molecular weight excluding hydrogens is 624 g/mol. The number of carbonyl (C=O) groups is 3. The van der Waals surface area contributed by atoms with Crippen molar-refractivity contribution in [1.29, 1.82) is 0 Å². The number of rotatable bonds is 9. The predicted molar refractivity (Wildman–Crippen MR) is 180 cm³/mol. The third-order valence-electron chi connectivity index (χ3n) is 8.33. The van der Waals surface area contributed by atoms with Gasteiger partial charge in [-0.1, -0.05) is 66.7 Å². The van der Waals surface area contributed by atoms with Crippen molar-refractivity contribution in [3.8, 4) is 23.0 Å². The normalized spacial score (nSPS) is 16.4. The van der Waals surface area contributed by atoms with Gasteiger partial charge >= 0.3 is 17.9 Å². The molecule has 9 nitrogen and oxygen atoms in total. The fourth-order valence-electron chi connectivity index (χ4n) is 5.89. The van der Waals surface area contributed by atoms with Gasteiger partial charge in [-0.05, 0) is 67.9 Å². The summed E-state index contributed by atoms with van der Waals surface area (Å²) >= 11 is 0. The van der Waals surface area contributed by atoms with Crippen LogP contribution in [0.25, 0.3) is 0 Å². The van der Waals surface area contributed by atoms with Crippen molar-refractivity contribution in [3.63, 3.8) is 0 Å². The quantitative estimate of drug-likeness (QED) is 0.116. The molecule has 3 atom stereocenters. The van der Waals surface area contributed by atoms with E-state index in [0.29, 0.717) is 44.7 Å². The number of hydrogen-bond donors (Lipinski definition) is 0. The number of esters is 3. The molecule has 0 aromatic heterocycles. The highest BCUT2D eigenvalue weighted by Gasteiger charge is 2.48. The third-order valence-corrected chi connectivity index (χ3v) is 8.33. The summed E-state index contributed by atoms with van der Waals surface area (Å²) in [5.74, 6) is -0.520. The summed E-state index contributed by atoms with van der Waals surface area (Å²) in [6.07, 6.45) is -3.39. The van der Waals surface area contributed by atoms with Crippen molar-refractivity contribution in [2.24, 2.45) is 0 Å². The summed E-state index contributed by atoms with van der Waals surface area (Å²) < 4.78 is 36.5. The Labute approximate surface area is 283 Å². The summed E-state index contributed by atoms with van der Waals surface area (Å²) in [5.41, 5.74) is 2.82. The highest BCUT2D eigenvalue weighted by atomic mass is 16.6. The summed E-state index contributed by atoms with van der Waals surface area (Å²) in [4.78, 5) is 40.7. The Morgan fingerprint density at radius 2 is 1.08 bits per heavy atom. The topological polar surface area (TPSA) is 107 Å². The molecule has 0 saturated carbocycles. The molecule has 5 aromatic carbocycles. The van der Waals surface area contributed by atoms with Gasteiger partial charge in [0.05, 0.1) is 36.5 Å². The number of methoxy groups -OCH3 is 2. The molecule has 0 bridgehead atoms. The molecule has 0 saturated heterocycles. The zero-order chi connectivity index (χ0) is 34.5. The summed E-state index contributed by atoms with van der Waals surface area (Å²) in [5, 5.41) is 0. The van der Waals surface area contributed by atoms with Crippen molar-refractivity contribution in [1.82, 2.24) is 0 Å². The van der Waals surface area contributed by atoms with E-state index in [1.807, 2.05) is 0 Å². The Kier molecular flexibility index (Phi) is 9.62. The van der Waals surface area contributed by atoms with Crippen LogP contribution in [0.15, 0.2) is 115 Å². The molecule has 248 valence electrons. The largest absolute Gasteiger partial charge is 0.497 e. The molecule has 9 heteroatoms. The minimum atomic E-state index is -1.22. The number of carbonyl (C=O) groups excluding carboxylic acids is 3. The Bertz CT molecular complexity index is 1960. The summed E-state index contributed by atoms with van der Waals surface area (Å²) in [6.45, 7) is 3.48. The number of benzene rings is 5. The molecule has 6 rings (SSSR count). The van der Waals surface area contributed by atoms with E-state index in [-0.39, 0.29) is 17.2 Å². The van der Waals surface area contributed by atoms with Crippen LogP contribution in [-0.4, -0.2) is 38.2 Å². The van der Waals surface area contributed by atoms with Gasteiger partial charge in [0, 0.05) is 11.1 Å². The molecule has 0 radical (unpaired) electrons. The van der Waals surface area contributed by atoms with Crippen molar-refractivity contribution < 1.29 is 42.8 Å². The van der Waals surface area contributed by atoms with Crippen LogP contribution in [0.5, 0.6) is 23.0 Å². The van der Waals surface area contributed by atoms with Gasteiger partial charge in [-0.2, -0.15) is 0 Å². The van der Waals surface area contributed by atoms with Crippen LogP contribution in [0.3, 0.4) is 0 Å². The Morgan fingerprint density at radius 1 is 0.571 bits per heavy atom. The zero-order valence-electron chi connectivity index (χ0n) is 27.4. The third kappa shape index (κ3) is 6.69. The first kappa shape index (κ1) is 32.8. The fraction of sp³-hybridized carbons (Fsp3) is 0.175. The van der Waals surface area contributed by atoms with Crippen molar-refractivity contribution >= 4 is 17.9 Å². The maximum absolute atomic E-state index is 13.8. The smallest absolute Gasteiger partial charge is 0.343 e. The SMILES string of the molecule is COc1ccc(C2Oc3c(C)c(OC(=O)c4ccccc4)c(C)c(OC)c3C(OC(=O)c3ccccc3)C2OC(=O)c2ccccc2)cc1. The van der Waals surface area contributed by atoms with Crippen LogP contribution in [0, 0.1) is 13.8 Å². The van der Waals surface area contributed by atoms with Crippen molar-refractivity contribution in [3.05, 3.63) is 154 Å². The molecule has 0 amide bonds. The second kappa shape index (κ2) is 14.4. The second-order valence-electron chi connectivity index (χ2n) is 11.4. The Hall–Kier alpha value is -6.09. The predicted octanol–water partition coefficient (Wildman–Crippen LogP) is 7.80. The van der Waals surface area contributed by atoms with Crippen LogP contribution < -0.4 is 18.9 Å². The highest BCUT2D eigenvalue weighted by molar-refractivity contribution is 5.92. The first-order valence-corrected chi connectivity index (χ1v) is 15.6. The van der Waals surface area contributed by atoms with Gasteiger partial charge in [-0.25, -0.2) is 14.4 Å². The van der Waals surface area contributed by atoms with E-state index in [1.54, 1.807) is 136 Å². The Balaban J connectivity index is 1.54. The van der Waals surface area contributed by atoms with Crippen LogP contribution in [0.4, 0.5) is 0 Å². The van der Waals surface area contributed by atoms with Gasteiger partial charge in [0.1, 0.15) is 23.0 Å². The highest BCUT2D eigenvalue weighted by Crippen LogP contribution is 2.54. The van der Waals surface area contributed by atoms with E-state index in [2.05, 4.69) is 0 Å². The monoisotopic (exact) mass is 658 g/mol. The second-order valence-corrected chi connectivity index (χ2v) is 11.4. The maximum Gasteiger partial charge on any atom is 0.343 e. The molecule has 0 fully saturated rings. The van der Waals surface area contributed by atoms with Crippen LogP contribution in [0.2, 0.25) is 0 Å². The van der Waals surface area contributed by atoms with Gasteiger partial charge in [-0.3, -0.25) is 0 Å². The van der Waals surface area contributed by atoms with Crippen molar-refractivity contribution in [2.75, 3.05) is 14.2 Å². The number of hydrogen-bond acceptors (Lipinski definition) is 9. The Morgan fingerprint density at radius 3 is 1.59 bits per heavy atom. The molecule has 0 N–H and O–H groups in total. The van der Waals surface area contributed by atoms with E-state index in [9.17, 15) is 14.4 Å². The summed E-state index contributed by atoms with van der Waals surface area (Å²) in [6, 6.07) is 32.7. The number of fused-ring (bicyclic) bond motifs is 1. The van der Waals surface area contributed by atoms with Gasteiger partial charge in [0.25, 0.3) is 0 Å². The first-order chi connectivity index (χ1) is 23.8. The minimum absolute atomic E-state index is 0.228. The lowest BCUT2D eigenvalue weighted by molar-refractivity contribution is -0.0918. The molecular formula is C40H34O9. The lowest BCUT2D eigenvalue weighted by Crippen LogP contribution is -2.41. The molecule has 3 unspecified atom stereocenters. The van der Waals surface area contributed by atoms with E-state index in [1.165, 1.54) is 7.11 Å². The molecule has 0 aliphatic carbocycles. The molecule has 0 spiro atoms. The minimum Gasteiger partial charge on any atom is -0.497 e. The average Bonchev–Trinajstić information content (AvgIpc) is 3.15. The first-order valence-electron chi connectivity index (χ1n) is 15.6. The lowest BCUT2D eigenvalue weighted by atomic mass is 9.88. The molecule has 1 aliphatic rings. The van der Waals surface area contributed by atoms with Gasteiger partial charge in [0.2, 0.25) is 0 Å². The molecule has 49 heavy (non-hydrogen) atoms. The number of ether oxygens (including phenoxy) is 6. The van der Waals surface area contributed by atoms with E-state index in [0.717, 1.165) is 0 Å².